The van der Waals surface area contributed by atoms with E-state index >= 15 is 0 Å². The van der Waals surface area contributed by atoms with E-state index in [0.717, 1.165) is 12.1 Å². The van der Waals surface area contributed by atoms with E-state index in [0.29, 0.717) is 0 Å². The van der Waals surface area contributed by atoms with Gasteiger partial charge in [-0.05, 0) is 101 Å². The van der Waals surface area contributed by atoms with Crippen LogP contribution in [0.3, 0.4) is 0 Å². The van der Waals surface area contributed by atoms with Crippen molar-refractivity contribution in [2.75, 3.05) is 4.90 Å². The van der Waals surface area contributed by atoms with Gasteiger partial charge in [0.15, 0.2) is 0 Å². The molecule has 61 heavy (non-hydrogen) atoms. The Kier molecular flexibility index (Phi) is 8.31. The van der Waals surface area contributed by atoms with Crippen LogP contribution in [0.25, 0.3) is 82.5 Å². The highest BCUT2D eigenvalue weighted by atomic mass is 15.2. The third kappa shape index (κ3) is 5.89. The number of benzene rings is 9. The molecular weight excluding hydrogens is 739 g/mol. The van der Waals surface area contributed by atoms with Gasteiger partial charge in [0.2, 0.25) is 0 Å². The Bertz CT molecular complexity index is 3420. The van der Waals surface area contributed by atoms with Crippen LogP contribution >= 0.6 is 0 Å². The lowest BCUT2D eigenvalue weighted by Gasteiger charge is -2.33. The lowest BCUT2D eigenvalue weighted by atomic mass is 9.95. The minimum Gasteiger partial charge on any atom is -0.334 e. The highest BCUT2D eigenvalue weighted by Gasteiger charge is 2.22. The van der Waals surface area contributed by atoms with Crippen LogP contribution in [-0.4, -0.2) is 15.2 Å². The summed E-state index contributed by atoms with van der Waals surface area (Å²) in [5.74, 6) is 0. The lowest BCUT2D eigenvalue weighted by Crippen LogP contribution is -2.30. The van der Waals surface area contributed by atoms with Gasteiger partial charge in [-0.15, -0.1) is 0 Å². The topological polar surface area (TPSA) is 13.1 Å². The van der Waals surface area contributed by atoms with E-state index in [-0.39, 0.29) is 6.04 Å². The highest BCUT2D eigenvalue weighted by molar-refractivity contribution is 6.10. The average Bonchev–Trinajstić information content (AvgIpc) is 3.85. The van der Waals surface area contributed by atoms with Crippen molar-refractivity contribution in [1.29, 1.82) is 0 Å². The summed E-state index contributed by atoms with van der Waals surface area (Å²) in [6, 6.07) is 77.5. The fourth-order valence-corrected chi connectivity index (χ4v) is 9.79. The highest BCUT2D eigenvalue weighted by Crippen LogP contribution is 2.40. The van der Waals surface area contributed by atoms with Crippen molar-refractivity contribution in [2.24, 2.45) is 0 Å². The predicted octanol–water partition coefficient (Wildman–Crippen LogP) is 15.3. The number of aromatic nitrogens is 2. The summed E-state index contributed by atoms with van der Waals surface area (Å²) < 4.78 is 4.82. The molecule has 1 unspecified atom stereocenters. The minimum atomic E-state index is 0.126. The van der Waals surface area contributed by atoms with Crippen LogP contribution in [0.15, 0.2) is 231 Å². The second kappa shape index (κ2) is 14.4. The maximum Gasteiger partial charge on any atom is 0.0560 e. The largest absolute Gasteiger partial charge is 0.334 e. The molecule has 0 fully saturated rings. The van der Waals surface area contributed by atoms with Crippen molar-refractivity contribution in [3.8, 4) is 22.5 Å². The Labute approximate surface area is 355 Å². The van der Waals surface area contributed by atoms with Gasteiger partial charge in [-0.1, -0.05) is 164 Å². The van der Waals surface area contributed by atoms with Crippen LogP contribution in [0.4, 0.5) is 11.4 Å². The third-order valence-electron chi connectivity index (χ3n) is 12.6. The number of nitrogens with zero attached hydrogens (tertiary/aromatic N) is 3. The first-order valence-corrected chi connectivity index (χ1v) is 21.2. The molecule has 3 heteroatoms. The molecule has 0 radical (unpaired) electrons. The van der Waals surface area contributed by atoms with Gasteiger partial charge in [-0.2, -0.15) is 0 Å². The SMILES string of the molecule is C1=CC(N(c2ccc(-c3ccccc3-n3c4ccccc4c4ccccc43)cc2)c2ccc3ccccc3c2)CC=C1c1cccc(-n2c3ccccc3c3ccccc32)c1. The number of fused-ring (bicyclic) bond motifs is 7. The van der Waals surface area contributed by atoms with Gasteiger partial charge in [0.1, 0.15) is 0 Å². The molecule has 2 heterocycles. The van der Waals surface area contributed by atoms with Gasteiger partial charge in [0.05, 0.1) is 33.8 Å². The Morgan fingerprint density at radius 3 is 1.61 bits per heavy atom. The molecule has 0 aliphatic heterocycles. The Balaban J connectivity index is 0.908. The van der Waals surface area contributed by atoms with Gasteiger partial charge in [-0.25, -0.2) is 0 Å². The molecule has 1 aliphatic rings. The molecule has 0 spiro atoms. The molecule has 2 aromatic heterocycles. The fraction of sp³-hybridized carbons (Fsp3) is 0.0345. The molecular formula is C58H41N3. The molecule has 3 nitrogen and oxygen atoms in total. The average molecular weight is 780 g/mol. The van der Waals surface area contributed by atoms with Crippen LogP contribution in [0, 0.1) is 0 Å². The number of para-hydroxylation sites is 5. The van der Waals surface area contributed by atoms with Gasteiger partial charge in [-0.3, -0.25) is 0 Å². The summed E-state index contributed by atoms with van der Waals surface area (Å²) in [4.78, 5) is 2.51. The minimum absolute atomic E-state index is 0.126. The summed E-state index contributed by atoms with van der Waals surface area (Å²) in [5, 5.41) is 7.56. The van der Waals surface area contributed by atoms with E-state index in [1.54, 1.807) is 0 Å². The van der Waals surface area contributed by atoms with Gasteiger partial charge in [0, 0.05) is 44.2 Å². The van der Waals surface area contributed by atoms with Crippen molar-refractivity contribution in [1.82, 2.24) is 9.13 Å². The van der Waals surface area contributed by atoms with Crippen LogP contribution < -0.4 is 4.90 Å². The number of hydrogen-bond acceptors (Lipinski definition) is 1. The summed E-state index contributed by atoms with van der Waals surface area (Å²) in [6.45, 7) is 0. The Hall–Kier alpha value is -7.88. The van der Waals surface area contributed by atoms with E-state index in [1.165, 1.54) is 93.7 Å². The standard InChI is InChI=1S/C58H41N3/c1-2-15-43-39-48(37-30-40(43)14-1)59(45-33-28-41(29-34-45)44-16-13-17-47(38-44)60-55-24-9-4-19-50(55)51-20-5-10-25-56(51)60)46-35-31-42(32-36-46)49-18-3-8-23-54(49)61-57-26-11-6-21-52(57)53-22-7-12-27-58(53)61/h1-33,35-39,45H,34H2. The first-order valence-electron chi connectivity index (χ1n) is 21.2. The number of allylic oxidation sites excluding steroid dienone is 2. The molecule has 12 rings (SSSR count). The number of rotatable bonds is 7. The molecule has 9 aromatic carbocycles. The quantitative estimate of drug-likeness (QED) is 0.157. The second-order valence-corrected chi connectivity index (χ2v) is 16.1. The molecule has 0 saturated heterocycles. The van der Waals surface area contributed by atoms with Crippen LogP contribution in [0.5, 0.6) is 0 Å². The molecule has 11 aromatic rings. The fourth-order valence-electron chi connectivity index (χ4n) is 9.79. The lowest BCUT2D eigenvalue weighted by molar-refractivity contribution is 0.787. The molecule has 0 saturated carbocycles. The molecule has 0 N–H and O–H groups in total. The maximum absolute atomic E-state index is 2.51. The van der Waals surface area contributed by atoms with Crippen molar-refractivity contribution in [3.05, 3.63) is 236 Å². The second-order valence-electron chi connectivity index (χ2n) is 16.1. The van der Waals surface area contributed by atoms with Crippen LogP contribution in [-0.2, 0) is 0 Å². The van der Waals surface area contributed by atoms with E-state index in [4.69, 9.17) is 0 Å². The van der Waals surface area contributed by atoms with E-state index < -0.39 is 0 Å². The summed E-state index contributed by atoms with van der Waals surface area (Å²) in [7, 11) is 0. The number of hydrogen-bond donors (Lipinski definition) is 0. The third-order valence-corrected chi connectivity index (χ3v) is 12.6. The zero-order valence-corrected chi connectivity index (χ0v) is 33.6. The zero-order chi connectivity index (χ0) is 40.3. The van der Waals surface area contributed by atoms with Crippen LogP contribution in [0.1, 0.15) is 12.0 Å². The molecule has 1 aliphatic carbocycles. The first-order chi connectivity index (χ1) is 30.3. The summed E-state index contributed by atoms with van der Waals surface area (Å²) >= 11 is 0. The Morgan fingerprint density at radius 1 is 0.410 bits per heavy atom. The van der Waals surface area contributed by atoms with E-state index in [9.17, 15) is 0 Å². The summed E-state index contributed by atoms with van der Waals surface area (Å²) in [6.07, 6.45) is 8.00. The first kappa shape index (κ1) is 35.1. The van der Waals surface area contributed by atoms with Crippen molar-refractivity contribution >= 4 is 71.3 Å². The van der Waals surface area contributed by atoms with Gasteiger partial charge >= 0.3 is 0 Å². The molecule has 0 bridgehead atoms. The van der Waals surface area contributed by atoms with Crippen molar-refractivity contribution < 1.29 is 0 Å². The smallest absolute Gasteiger partial charge is 0.0560 e. The molecule has 1 atom stereocenters. The molecule has 0 amide bonds. The van der Waals surface area contributed by atoms with E-state index in [1.807, 2.05) is 0 Å². The van der Waals surface area contributed by atoms with Gasteiger partial charge < -0.3 is 14.0 Å². The number of anilines is 2. The monoisotopic (exact) mass is 779 g/mol. The van der Waals surface area contributed by atoms with Crippen molar-refractivity contribution in [2.45, 2.75) is 12.5 Å². The van der Waals surface area contributed by atoms with Crippen LogP contribution in [0.2, 0.25) is 0 Å². The van der Waals surface area contributed by atoms with Gasteiger partial charge in [0.25, 0.3) is 0 Å². The molecule has 288 valence electrons. The predicted molar refractivity (Wildman–Crippen MR) is 259 cm³/mol. The normalized spacial score (nSPS) is 14.0. The van der Waals surface area contributed by atoms with E-state index in [2.05, 4.69) is 245 Å². The summed E-state index contributed by atoms with van der Waals surface area (Å²) in [5.41, 5.74) is 14.4. The van der Waals surface area contributed by atoms with Crippen molar-refractivity contribution in [3.63, 3.8) is 0 Å². The maximum atomic E-state index is 2.51. The zero-order valence-electron chi connectivity index (χ0n) is 33.6. The Morgan fingerprint density at radius 2 is 0.967 bits per heavy atom.